The van der Waals surface area contributed by atoms with Gasteiger partial charge in [0.15, 0.2) is 0 Å². The summed E-state index contributed by atoms with van der Waals surface area (Å²) in [6, 6.07) is 16.1. The van der Waals surface area contributed by atoms with Crippen LogP contribution in [0.2, 0.25) is 0 Å². The highest BCUT2D eigenvalue weighted by atomic mass is 32.2. The molecule has 0 unspecified atom stereocenters. The van der Waals surface area contributed by atoms with Crippen molar-refractivity contribution in [2.24, 2.45) is 0 Å². The highest BCUT2D eigenvalue weighted by molar-refractivity contribution is 7.87. The van der Waals surface area contributed by atoms with E-state index in [1.165, 1.54) is 29.7 Å². The lowest BCUT2D eigenvalue weighted by Crippen LogP contribution is -2.32. The number of hydrogen-bond acceptors (Lipinski definition) is 5. The molecule has 3 aromatic rings. The minimum atomic E-state index is -3.85. The van der Waals surface area contributed by atoms with Crippen LogP contribution in [-0.4, -0.2) is 14.5 Å². The molecule has 1 aliphatic heterocycles. The summed E-state index contributed by atoms with van der Waals surface area (Å²) in [6.45, 7) is 1.91. The summed E-state index contributed by atoms with van der Waals surface area (Å²) in [6.07, 6.45) is 4.97. The Hall–Kier alpha value is -2.15. The normalized spacial score (nSPS) is 23.4. The zero-order chi connectivity index (χ0) is 20.7. The Morgan fingerprint density at radius 2 is 1.70 bits per heavy atom. The number of rotatable bonds is 4. The second kappa shape index (κ2) is 7.84. The third-order valence-corrected chi connectivity index (χ3v) is 8.38. The Kier molecular flexibility index (Phi) is 5.17. The Morgan fingerprint density at radius 3 is 2.47 bits per heavy atom. The van der Waals surface area contributed by atoms with E-state index in [9.17, 15) is 8.42 Å². The van der Waals surface area contributed by atoms with Crippen molar-refractivity contribution in [2.75, 3.05) is 0 Å². The first-order valence-electron chi connectivity index (χ1n) is 10.4. The highest BCUT2D eigenvalue weighted by Gasteiger charge is 2.38. The van der Waals surface area contributed by atoms with E-state index in [-0.39, 0.29) is 17.1 Å². The first-order chi connectivity index (χ1) is 14.5. The molecule has 3 atom stereocenters. The Bertz CT molecular complexity index is 1130. The van der Waals surface area contributed by atoms with Crippen LogP contribution in [0.15, 0.2) is 64.9 Å². The first kappa shape index (κ1) is 19.8. The first-order valence-corrected chi connectivity index (χ1v) is 12.6. The number of benzene rings is 2. The molecule has 0 spiro atoms. The monoisotopic (exact) mass is 440 g/mol. The van der Waals surface area contributed by atoms with Gasteiger partial charge in [-0.05, 0) is 66.6 Å². The van der Waals surface area contributed by atoms with Crippen molar-refractivity contribution < 1.29 is 17.3 Å². The molecule has 0 N–H and O–H groups in total. The number of fused-ring (bicyclic) bond motifs is 3. The third kappa shape index (κ3) is 3.68. The molecular weight excluding hydrogens is 416 g/mol. The number of ether oxygens (including phenoxy) is 1. The van der Waals surface area contributed by atoms with E-state index in [1.54, 1.807) is 36.4 Å². The van der Waals surface area contributed by atoms with E-state index >= 15 is 0 Å². The molecule has 2 aromatic carbocycles. The smallest absolute Gasteiger partial charge is 0.339 e. The largest absolute Gasteiger partial charge is 0.379 e. The fourth-order valence-electron chi connectivity index (χ4n) is 4.49. The molecule has 1 aromatic heterocycles. The zero-order valence-corrected chi connectivity index (χ0v) is 18.4. The Morgan fingerprint density at radius 1 is 0.967 bits per heavy atom. The standard InChI is InChI=1S/C24H24O4S2/c1-16-6-12-19(13-7-16)30(25,26)28-18-10-8-17(9-11-18)23-21-14-15-29-24(21)20-4-2-3-5-22(20)27-23/h6-15,20,22-23H,2-5H2,1H3/t20-,22-,23+/m1/s1. The maximum atomic E-state index is 12.5. The van der Waals surface area contributed by atoms with Crippen molar-refractivity contribution in [3.05, 3.63) is 81.5 Å². The van der Waals surface area contributed by atoms with Crippen LogP contribution in [-0.2, 0) is 14.9 Å². The van der Waals surface area contributed by atoms with Crippen LogP contribution < -0.4 is 4.18 Å². The van der Waals surface area contributed by atoms with Crippen molar-refractivity contribution in [1.29, 1.82) is 0 Å². The molecule has 2 aliphatic rings. The minimum Gasteiger partial charge on any atom is -0.379 e. The summed E-state index contributed by atoms with van der Waals surface area (Å²) >= 11 is 1.84. The number of hydrogen-bond donors (Lipinski definition) is 0. The van der Waals surface area contributed by atoms with Crippen LogP contribution >= 0.6 is 11.3 Å². The van der Waals surface area contributed by atoms with Crippen LogP contribution in [0.5, 0.6) is 5.75 Å². The average Bonchev–Trinajstić information content (AvgIpc) is 3.24. The number of thiophene rings is 1. The van der Waals surface area contributed by atoms with Gasteiger partial charge in [-0.15, -0.1) is 11.3 Å². The van der Waals surface area contributed by atoms with Gasteiger partial charge in [-0.2, -0.15) is 8.42 Å². The maximum absolute atomic E-state index is 12.5. The molecule has 0 amide bonds. The molecule has 0 saturated heterocycles. The van der Waals surface area contributed by atoms with Gasteiger partial charge in [0.1, 0.15) is 16.7 Å². The lowest BCUT2D eigenvalue weighted by atomic mass is 9.80. The molecule has 156 valence electrons. The van der Waals surface area contributed by atoms with Crippen LogP contribution in [0, 0.1) is 6.92 Å². The molecule has 30 heavy (non-hydrogen) atoms. The molecule has 0 radical (unpaired) electrons. The van der Waals surface area contributed by atoms with E-state index in [0.717, 1.165) is 17.5 Å². The van der Waals surface area contributed by atoms with Crippen LogP contribution in [0.25, 0.3) is 0 Å². The summed E-state index contributed by atoms with van der Waals surface area (Å²) in [4.78, 5) is 1.61. The summed E-state index contributed by atoms with van der Waals surface area (Å²) in [5.74, 6) is 0.823. The highest BCUT2D eigenvalue weighted by Crippen LogP contribution is 2.49. The molecule has 4 nitrogen and oxygen atoms in total. The van der Waals surface area contributed by atoms with Crippen LogP contribution in [0.1, 0.15) is 59.3 Å². The molecule has 6 heteroatoms. The van der Waals surface area contributed by atoms with Gasteiger partial charge in [-0.1, -0.05) is 42.7 Å². The van der Waals surface area contributed by atoms with Gasteiger partial charge in [0.05, 0.1) is 6.10 Å². The van der Waals surface area contributed by atoms with Gasteiger partial charge in [0.25, 0.3) is 0 Å². The molecule has 5 rings (SSSR count). The van der Waals surface area contributed by atoms with E-state index in [1.807, 2.05) is 30.4 Å². The van der Waals surface area contributed by atoms with E-state index in [0.29, 0.717) is 11.7 Å². The molecule has 2 heterocycles. The van der Waals surface area contributed by atoms with Gasteiger partial charge in [0, 0.05) is 10.8 Å². The molecule has 1 aliphatic carbocycles. The van der Waals surface area contributed by atoms with Gasteiger partial charge in [-0.3, -0.25) is 0 Å². The summed E-state index contributed by atoms with van der Waals surface area (Å²) < 4.78 is 37.0. The van der Waals surface area contributed by atoms with Crippen LogP contribution in [0.3, 0.4) is 0 Å². The SMILES string of the molecule is Cc1ccc(S(=O)(=O)Oc2ccc([C@@H]3O[C@@H]4CCCC[C@H]4c4sccc43)cc2)cc1. The second-order valence-electron chi connectivity index (χ2n) is 8.11. The third-order valence-electron chi connectivity index (χ3n) is 6.06. The molecular formula is C24H24O4S2. The average molecular weight is 441 g/mol. The maximum Gasteiger partial charge on any atom is 0.339 e. The fraction of sp³-hybridized carbons (Fsp3) is 0.333. The minimum absolute atomic E-state index is 0.103. The van der Waals surface area contributed by atoms with Gasteiger partial charge in [-0.25, -0.2) is 0 Å². The van der Waals surface area contributed by atoms with Crippen molar-refractivity contribution in [3.63, 3.8) is 0 Å². The predicted octanol–water partition coefficient (Wildman–Crippen LogP) is 5.97. The van der Waals surface area contributed by atoms with E-state index in [4.69, 9.17) is 8.92 Å². The predicted molar refractivity (Wildman–Crippen MR) is 118 cm³/mol. The van der Waals surface area contributed by atoms with Gasteiger partial charge in [0.2, 0.25) is 0 Å². The molecule has 0 bridgehead atoms. The van der Waals surface area contributed by atoms with Crippen LogP contribution in [0.4, 0.5) is 0 Å². The zero-order valence-electron chi connectivity index (χ0n) is 16.8. The lowest BCUT2D eigenvalue weighted by Gasteiger charge is -2.39. The topological polar surface area (TPSA) is 52.6 Å². The Balaban J connectivity index is 1.38. The van der Waals surface area contributed by atoms with Gasteiger partial charge < -0.3 is 8.92 Å². The van der Waals surface area contributed by atoms with E-state index < -0.39 is 10.1 Å². The van der Waals surface area contributed by atoms with Gasteiger partial charge >= 0.3 is 10.1 Å². The molecule has 1 fully saturated rings. The van der Waals surface area contributed by atoms with Crippen molar-refractivity contribution in [1.82, 2.24) is 0 Å². The molecule has 1 saturated carbocycles. The summed E-state index contributed by atoms with van der Waals surface area (Å²) in [5, 5.41) is 2.16. The lowest BCUT2D eigenvalue weighted by molar-refractivity contribution is -0.0374. The number of aryl methyl sites for hydroxylation is 1. The summed E-state index contributed by atoms with van der Waals surface area (Å²) in [7, 11) is -3.85. The van der Waals surface area contributed by atoms with Crippen molar-refractivity contribution >= 4 is 21.5 Å². The summed E-state index contributed by atoms with van der Waals surface area (Å²) in [5.41, 5.74) is 3.28. The van der Waals surface area contributed by atoms with Crippen molar-refractivity contribution in [2.45, 2.75) is 55.6 Å². The van der Waals surface area contributed by atoms with Crippen molar-refractivity contribution in [3.8, 4) is 5.75 Å². The van der Waals surface area contributed by atoms with E-state index in [2.05, 4.69) is 11.4 Å². The fourth-order valence-corrected chi connectivity index (χ4v) is 6.54. The Labute approximate surface area is 181 Å². The quantitative estimate of drug-likeness (QED) is 0.469. The second-order valence-corrected chi connectivity index (χ2v) is 10.6.